The first kappa shape index (κ1) is 18.8. The molecule has 27 heavy (non-hydrogen) atoms. The second-order valence-corrected chi connectivity index (χ2v) is 6.28. The van der Waals surface area contributed by atoms with Gasteiger partial charge in [-0.2, -0.15) is 0 Å². The molecule has 0 radical (unpaired) electrons. The maximum atomic E-state index is 12.6. The average Bonchev–Trinajstić information content (AvgIpc) is 3.19. The molecule has 2 atom stereocenters. The van der Waals surface area contributed by atoms with Gasteiger partial charge in [-0.3, -0.25) is 4.79 Å². The molecule has 1 aliphatic heterocycles. The monoisotopic (exact) mass is 368 g/mol. The summed E-state index contributed by atoms with van der Waals surface area (Å²) >= 11 is 0. The summed E-state index contributed by atoms with van der Waals surface area (Å²) in [7, 11) is 1.60. The number of benzene rings is 2. The molecule has 0 unspecified atom stereocenters. The minimum absolute atomic E-state index is 0.190. The maximum Gasteiger partial charge on any atom is 0.264 e. The zero-order valence-electron chi connectivity index (χ0n) is 15.8. The molecule has 3 rings (SSSR count). The van der Waals surface area contributed by atoms with E-state index in [1.165, 1.54) is 0 Å². The van der Waals surface area contributed by atoms with Crippen molar-refractivity contribution in [2.75, 3.05) is 13.7 Å². The molecule has 142 valence electrons. The lowest BCUT2D eigenvalue weighted by Gasteiger charge is -2.18. The fourth-order valence-electron chi connectivity index (χ4n) is 2.94. The number of oxime groups is 1. The molecule has 0 saturated heterocycles. The third-order valence-corrected chi connectivity index (χ3v) is 4.41. The van der Waals surface area contributed by atoms with Gasteiger partial charge < -0.3 is 19.6 Å². The van der Waals surface area contributed by atoms with Crippen molar-refractivity contribution in [1.82, 2.24) is 5.32 Å². The van der Waals surface area contributed by atoms with Gasteiger partial charge in [0.05, 0.1) is 25.5 Å². The number of hydrogen-bond acceptors (Lipinski definition) is 5. The molecule has 1 N–H and O–H groups in total. The molecule has 0 bridgehead atoms. The number of carbonyl (C=O) groups excluding carboxylic acids is 1. The quantitative estimate of drug-likeness (QED) is 0.813. The van der Waals surface area contributed by atoms with E-state index in [1.54, 1.807) is 7.11 Å². The van der Waals surface area contributed by atoms with Crippen LogP contribution in [0.1, 0.15) is 37.4 Å². The Morgan fingerprint density at radius 1 is 1.26 bits per heavy atom. The van der Waals surface area contributed by atoms with Gasteiger partial charge in [-0.15, -0.1) is 0 Å². The number of nitrogens with zero attached hydrogens (tertiary/aromatic N) is 1. The Kier molecular flexibility index (Phi) is 5.96. The molecule has 0 spiro atoms. The Morgan fingerprint density at radius 3 is 2.74 bits per heavy atom. The van der Waals surface area contributed by atoms with Crippen molar-refractivity contribution in [3.8, 4) is 11.5 Å². The Morgan fingerprint density at radius 2 is 2.04 bits per heavy atom. The summed E-state index contributed by atoms with van der Waals surface area (Å²) < 4.78 is 10.9. The number of rotatable bonds is 7. The van der Waals surface area contributed by atoms with Gasteiger partial charge in [0.2, 0.25) is 6.10 Å². The van der Waals surface area contributed by atoms with Crippen molar-refractivity contribution in [3.05, 3.63) is 59.7 Å². The van der Waals surface area contributed by atoms with Crippen LogP contribution in [0.3, 0.4) is 0 Å². The SMILES string of the molecule is CCOc1ccc([C@@H](C)NC(=O)[C@H]2CC(c3ccccc3)=NO2)cc1OC. The highest BCUT2D eigenvalue weighted by Crippen LogP contribution is 2.30. The molecular formula is C21H24N2O4. The van der Waals surface area contributed by atoms with Crippen LogP contribution < -0.4 is 14.8 Å². The van der Waals surface area contributed by atoms with Crippen molar-refractivity contribution in [1.29, 1.82) is 0 Å². The third-order valence-electron chi connectivity index (χ3n) is 4.41. The van der Waals surface area contributed by atoms with Crippen LogP contribution in [0.25, 0.3) is 0 Å². The lowest BCUT2D eigenvalue weighted by Crippen LogP contribution is -2.36. The highest BCUT2D eigenvalue weighted by molar-refractivity contribution is 6.04. The lowest BCUT2D eigenvalue weighted by atomic mass is 10.0. The Hall–Kier alpha value is -3.02. The summed E-state index contributed by atoms with van der Waals surface area (Å²) in [6.07, 6.45) is -0.165. The van der Waals surface area contributed by atoms with E-state index in [0.717, 1.165) is 16.8 Å². The van der Waals surface area contributed by atoms with E-state index in [1.807, 2.05) is 62.4 Å². The zero-order valence-corrected chi connectivity index (χ0v) is 15.8. The summed E-state index contributed by atoms with van der Waals surface area (Å²) in [5.41, 5.74) is 2.68. The number of hydrogen-bond donors (Lipinski definition) is 1. The van der Waals surface area contributed by atoms with Crippen LogP contribution in [0.2, 0.25) is 0 Å². The predicted octanol–water partition coefficient (Wildman–Crippen LogP) is 3.46. The van der Waals surface area contributed by atoms with Crippen molar-refractivity contribution in [3.63, 3.8) is 0 Å². The van der Waals surface area contributed by atoms with Gasteiger partial charge >= 0.3 is 0 Å². The van der Waals surface area contributed by atoms with E-state index in [2.05, 4.69) is 10.5 Å². The molecule has 2 aromatic carbocycles. The van der Waals surface area contributed by atoms with Gasteiger partial charge in [0.15, 0.2) is 11.5 Å². The maximum absolute atomic E-state index is 12.6. The summed E-state index contributed by atoms with van der Waals surface area (Å²) in [5.74, 6) is 1.13. The minimum atomic E-state index is -0.618. The number of amides is 1. The molecule has 0 saturated carbocycles. The largest absolute Gasteiger partial charge is 0.493 e. The summed E-state index contributed by atoms with van der Waals surface area (Å²) in [4.78, 5) is 17.9. The first-order valence-corrected chi connectivity index (χ1v) is 9.01. The van der Waals surface area contributed by atoms with E-state index in [0.29, 0.717) is 24.5 Å². The van der Waals surface area contributed by atoms with Crippen molar-refractivity contribution < 1.29 is 19.1 Å². The number of carbonyl (C=O) groups is 1. The topological polar surface area (TPSA) is 69.2 Å². The van der Waals surface area contributed by atoms with Crippen LogP contribution in [-0.4, -0.2) is 31.4 Å². The molecule has 2 aromatic rings. The van der Waals surface area contributed by atoms with Crippen LogP contribution in [-0.2, 0) is 9.63 Å². The van der Waals surface area contributed by atoms with Crippen LogP contribution in [0.15, 0.2) is 53.7 Å². The smallest absolute Gasteiger partial charge is 0.264 e. The van der Waals surface area contributed by atoms with E-state index >= 15 is 0 Å². The van der Waals surface area contributed by atoms with Crippen molar-refractivity contribution in [2.45, 2.75) is 32.4 Å². The minimum Gasteiger partial charge on any atom is -0.493 e. The summed E-state index contributed by atoms with van der Waals surface area (Å²) in [5, 5.41) is 7.05. The second-order valence-electron chi connectivity index (χ2n) is 6.28. The van der Waals surface area contributed by atoms with Gasteiger partial charge in [-0.05, 0) is 37.1 Å². The fraction of sp³-hybridized carbons (Fsp3) is 0.333. The highest BCUT2D eigenvalue weighted by atomic mass is 16.6. The first-order chi connectivity index (χ1) is 13.1. The molecule has 1 amide bonds. The van der Waals surface area contributed by atoms with Crippen molar-refractivity contribution in [2.24, 2.45) is 5.16 Å². The Balaban J connectivity index is 1.61. The molecule has 6 heteroatoms. The third kappa shape index (κ3) is 4.39. The summed E-state index contributed by atoms with van der Waals surface area (Å²) in [6, 6.07) is 15.2. The molecular weight excluding hydrogens is 344 g/mol. The van der Waals surface area contributed by atoms with Crippen LogP contribution in [0, 0.1) is 0 Å². The molecule has 1 aliphatic rings. The van der Waals surface area contributed by atoms with Gasteiger partial charge in [0.25, 0.3) is 5.91 Å². The molecule has 0 aliphatic carbocycles. The van der Waals surface area contributed by atoms with E-state index in [-0.39, 0.29) is 11.9 Å². The molecule has 0 aromatic heterocycles. The van der Waals surface area contributed by atoms with Gasteiger partial charge in [-0.1, -0.05) is 41.6 Å². The number of ether oxygens (including phenoxy) is 2. The lowest BCUT2D eigenvalue weighted by molar-refractivity contribution is -0.131. The number of nitrogens with one attached hydrogen (secondary N) is 1. The highest BCUT2D eigenvalue weighted by Gasteiger charge is 2.29. The van der Waals surface area contributed by atoms with Crippen LogP contribution >= 0.6 is 0 Å². The fourth-order valence-corrected chi connectivity index (χ4v) is 2.94. The Bertz CT molecular complexity index is 820. The van der Waals surface area contributed by atoms with Crippen LogP contribution in [0.5, 0.6) is 11.5 Å². The summed E-state index contributed by atoms with van der Waals surface area (Å²) in [6.45, 7) is 4.40. The number of methoxy groups -OCH3 is 1. The standard InChI is InChI=1S/C21H24N2O4/c1-4-26-18-11-10-16(12-19(18)25-3)14(2)22-21(24)20-13-17(23-27-20)15-8-6-5-7-9-15/h5-12,14,20H,4,13H2,1-3H3,(H,22,24)/t14-,20-/m1/s1. The van der Waals surface area contributed by atoms with Gasteiger partial charge in [0, 0.05) is 6.42 Å². The molecule has 0 fully saturated rings. The first-order valence-electron chi connectivity index (χ1n) is 9.01. The average molecular weight is 368 g/mol. The molecule has 6 nitrogen and oxygen atoms in total. The van der Waals surface area contributed by atoms with Crippen molar-refractivity contribution >= 4 is 11.6 Å². The van der Waals surface area contributed by atoms with Gasteiger partial charge in [0.1, 0.15) is 0 Å². The normalized spacial score (nSPS) is 16.9. The molecule has 1 heterocycles. The van der Waals surface area contributed by atoms with E-state index in [4.69, 9.17) is 14.3 Å². The van der Waals surface area contributed by atoms with Gasteiger partial charge in [-0.25, -0.2) is 0 Å². The van der Waals surface area contributed by atoms with Crippen LogP contribution in [0.4, 0.5) is 0 Å². The van der Waals surface area contributed by atoms with E-state index in [9.17, 15) is 4.79 Å². The predicted molar refractivity (Wildman–Crippen MR) is 103 cm³/mol. The Labute approximate surface area is 159 Å². The second kappa shape index (κ2) is 8.58. The van der Waals surface area contributed by atoms with E-state index < -0.39 is 6.10 Å². The zero-order chi connectivity index (χ0) is 19.2.